The Labute approximate surface area is 170 Å². The molecule has 0 atom stereocenters. The third-order valence-electron chi connectivity index (χ3n) is 5.65. The van der Waals surface area contributed by atoms with Crippen LogP contribution in [0.3, 0.4) is 0 Å². The fourth-order valence-electron chi connectivity index (χ4n) is 4.08. The monoisotopic (exact) mass is 407 g/mol. The van der Waals surface area contributed by atoms with E-state index in [0.717, 1.165) is 56.6 Å². The molecule has 0 radical (unpaired) electrons. The Balaban J connectivity index is 1.78. The average molecular weight is 407 g/mol. The van der Waals surface area contributed by atoms with Gasteiger partial charge in [0.25, 0.3) is 0 Å². The Bertz CT molecular complexity index is 733. The zero-order valence-electron chi connectivity index (χ0n) is 17.1. The highest BCUT2D eigenvalue weighted by atomic mass is 16.6. The van der Waals surface area contributed by atoms with E-state index in [1.807, 2.05) is 4.90 Å². The minimum Gasteiger partial charge on any atom is -0.490 e. The van der Waals surface area contributed by atoms with E-state index in [1.54, 1.807) is 19.2 Å². The van der Waals surface area contributed by atoms with Gasteiger partial charge in [0.1, 0.15) is 0 Å². The molecule has 2 heterocycles. The van der Waals surface area contributed by atoms with E-state index in [1.165, 1.54) is 7.11 Å². The summed E-state index contributed by atoms with van der Waals surface area (Å²) in [6.07, 6.45) is 3.91. The molecule has 1 aromatic rings. The number of amides is 1. The van der Waals surface area contributed by atoms with Crippen molar-refractivity contribution in [2.75, 3.05) is 52.0 Å². The first-order valence-corrected chi connectivity index (χ1v) is 10.1. The zero-order chi connectivity index (χ0) is 20.8. The molecule has 160 valence electrons. The van der Waals surface area contributed by atoms with Gasteiger partial charge in [0.2, 0.25) is 0 Å². The summed E-state index contributed by atoms with van der Waals surface area (Å²) in [5, 5.41) is 11.4. The number of benzene rings is 1. The Morgan fingerprint density at radius 1 is 1.21 bits per heavy atom. The molecule has 9 heteroatoms. The van der Waals surface area contributed by atoms with Crippen molar-refractivity contribution >= 4 is 17.5 Å². The van der Waals surface area contributed by atoms with Crippen molar-refractivity contribution in [3.05, 3.63) is 27.8 Å². The minimum absolute atomic E-state index is 0.0375. The topological polar surface area (TPSA) is 94.4 Å². The minimum atomic E-state index is -0.421. The van der Waals surface area contributed by atoms with Gasteiger partial charge in [-0.2, -0.15) is 0 Å². The zero-order valence-corrected chi connectivity index (χ0v) is 17.1. The van der Waals surface area contributed by atoms with E-state index in [4.69, 9.17) is 14.2 Å². The van der Waals surface area contributed by atoms with Crippen molar-refractivity contribution in [2.24, 2.45) is 0 Å². The van der Waals surface area contributed by atoms with E-state index < -0.39 is 4.92 Å². The number of rotatable bonds is 7. The highest BCUT2D eigenvalue weighted by Crippen LogP contribution is 2.37. The first-order valence-electron chi connectivity index (χ1n) is 10.1. The Morgan fingerprint density at radius 3 is 2.62 bits per heavy atom. The van der Waals surface area contributed by atoms with Crippen molar-refractivity contribution in [2.45, 2.75) is 38.1 Å². The molecule has 0 bridgehead atoms. The van der Waals surface area contributed by atoms with E-state index in [2.05, 4.69) is 4.90 Å². The maximum atomic E-state index is 12.2. The summed E-state index contributed by atoms with van der Waals surface area (Å²) in [6.45, 7) is 3.24. The third kappa shape index (κ3) is 4.90. The van der Waals surface area contributed by atoms with Crippen LogP contribution in [0.25, 0.3) is 0 Å². The molecule has 2 aliphatic rings. The summed E-state index contributed by atoms with van der Waals surface area (Å²) in [5.41, 5.74) is 1.76. The number of nitrogens with zero attached hydrogens (tertiary/aromatic N) is 3. The second kappa shape index (κ2) is 9.78. The number of hydrogen-bond donors (Lipinski definition) is 0. The van der Waals surface area contributed by atoms with Gasteiger partial charge >= 0.3 is 11.8 Å². The fraction of sp³-hybridized carbons (Fsp3) is 0.650. The van der Waals surface area contributed by atoms with Gasteiger partial charge in [0, 0.05) is 50.6 Å². The maximum absolute atomic E-state index is 12.2. The molecule has 0 spiro atoms. The van der Waals surface area contributed by atoms with Crippen LogP contribution in [-0.4, -0.2) is 69.0 Å². The fourth-order valence-corrected chi connectivity index (χ4v) is 4.08. The highest BCUT2D eigenvalue weighted by molar-refractivity contribution is 5.68. The summed E-state index contributed by atoms with van der Waals surface area (Å²) in [6, 6.07) is 3.51. The number of carbonyl (C=O) groups excluding carboxylic acids is 1. The first kappa shape index (κ1) is 21.2. The molecule has 0 aromatic heterocycles. The van der Waals surface area contributed by atoms with E-state index in [9.17, 15) is 14.9 Å². The van der Waals surface area contributed by atoms with E-state index in [-0.39, 0.29) is 23.6 Å². The van der Waals surface area contributed by atoms with Crippen molar-refractivity contribution in [3.63, 3.8) is 0 Å². The smallest absolute Gasteiger partial charge is 0.410 e. The molecule has 1 aromatic carbocycles. The lowest BCUT2D eigenvalue weighted by molar-refractivity contribution is -0.385. The molecule has 2 saturated heterocycles. The van der Waals surface area contributed by atoms with Gasteiger partial charge in [-0.15, -0.1) is 0 Å². The number of anilines is 1. The Kier molecular flexibility index (Phi) is 7.13. The molecule has 0 N–H and O–H groups in total. The molecule has 0 aliphatic carbocycles. The van der Waals surface area contributed by atoms with Crippen LogP contribution in [0.1, 0.15) is 31.2 Å². The second-order valence-corrected chi connectivity index (χ2v) is 7.39. The number of ether oxygens (including phenoxy) is 3. The lowest BCUT2D eigenvalue weighted by Gasteiger charge is -2.39. The van der Waals surface area contributed by atoms with Crippen molar-refractivity contribution in [1.82, 2.24) is 4.90 Å². The molecule has 0 saturated carbocycles. The molecule has 2 fully saturated rings. The number of carbonyl (C=O) groups is 1. The lowest BCUT2D eigenvalue weighted by atomic mass is 10.00. The number of nitro benzene ring substituents is 1. The van der Waals surface area contributed by atoms with Crippen LogP contribution >= 0.6 is 0 Å². The van der Waals surface area contributed by atoms with Crippen LogP contribution in [0.5, 0.6) is 5.75 Å². The largest absolute Gasteiger partial charge is 0.490 e. The summed E-state index contributed by atoms with van der Waals surface area (Å²) in [7, 11) is 3.06. The van der Waals surface area contributed by atoms with Crippen LogP contribution < -0.4 is 9.64 Å². The van der Waals surface area contributed by atoms with Gasteiger partial charge < -0.3 is 24.0 Å². The predicted molar refractivity (Wildman–Crippen MR) is 108 cm³/mol. The standard InChI is InChI=1S/C20H29N3O6/c1-27-12-7-15-13-18(23(25)26)19(28-2)14-17(15)21-9-5-16(6-10-21)22-8-3-4-11-29-20(22)24/h13-14,16H,3-12H2,1-2H3. The van der Waals surface area contributed by atoms with Crippen molar-refractivity contribution in [3.8, 4) is 5.75 Å². The quantitative estimate of drug-likeness (QED) is 0.506. The molecular formula is C20H29N3O6. The molecule has 1 amide bonds. The van der Waals surface area contributed by atoms with Gasteiger partial charge in [-0.25, -0.2) is 4.79 Å². The van der Waals surface area contributed by atoms with Gasteiger partial charge in [-0.05, 0) is 37.7 Å². The molecular weight excluding hydrogens is 378 g/mol. The molecule has 2 aliphatic heterocycles. The van der Waals surface area contributed by atoms with Gasteiger partial charge in [0.05, 0.1) is 25.2 Å². The van der Waals surface area contributed by atoms with Gasteiger partial charge in [0.15, 0.2) is 5.75 Å². The van der Waals surface area contributed by atoms with Crippen molar-refractivity contribution in [1.29, 1.82) is 0 Å². The highest BCUT2D eigenvalue weighted by Gasteiger charge is 2.31. The van der Waals surface area contributed by atoms with Gasteiger partial charge in [-0.1, -0.05) is 0 Å². The van der Waals surface area contributed by atoms with E-state index in [0.29, 0.717) is 19.6 Å². The number of nitro groups is 1. The summed E-state index contributed by atoms with van der Waals surface area (Å²) < 4.78 is 15.7. The molecule has 29 heavy (non-hydrogen) atoms. The number of hydrogen-bond acceptors (Lipinski definition) is 7. The Hall–Kier alpha value is -2.55. The summed E-state index contributed by atoms with van der Waals surface area (Å²) in [4.78, 5) is 27.3. The van der Waals surface area contributed by atoms with Crippen LogP contribution in [-0.2, 0) is 15.9 Å². The second-order valence-electron chi connectivity index (χ2n) is 7.39. The van der Waals surface area contributed by atoms with Crippen molar-refractivity contribution < 1.29 is 23.9 Å². The SMILES string of the molecule is COCCc1cc([N+](=O)[O-])c(OC)cc1N1CCC(N2CCCCOC2=O)CC1. The summed E-state index contributed by atoms with van der Waals surface area (Å²) >= 11 is 0. The van der Waals surface area contributed by atoms with Gasteiger partial charge in [-0.3, -0.25) is 10.1 Å². The number of methoxy groups -OCH3 is 2. The van der Waals surface area contributed by atoms with Crippen LogP contribution in [0.2, 0.25) is 0 Å². The van der Waals surface area contributed by atoms with Crippen LogP contribution in [0, 0.1) is 10.1 Å². The van der Waals surface area contributed by atoms with E-state index >= 15 is 0 Å². The van der Waals surface area contributed by atoms with Crippen LogP contribution in [0.4, 0.5) is 16.2 Å². The molecule has 9 nitrogen and oxygen atoms in total. The summed E-state index contributed by atoms with van der Waals surface area (Å²) in [5.74, 6) is 0.254. The third-order valence-corrected chi connectivity index (χ3v) is 5.65. The van der Waals surface area contributed by atoms with Crippen LogP contribution in [0.15, 0.2) is 12.1 Å². The molecule has 0 unspecified atom stereocenters. The molecule has 3 rings (SSSR count). The average Bonchev–Trinajstić information content (AvgIpc) is 2.96. The number of cyclic esters (lactones) is 1. The normalized spacial score (nSPS) is 18.3. The predicted octanol–water partition coefficient (Wildman–Crippen LogP) is 2.99. The number of piperidine rings is 1. The first-order chi connectivity index (χ1) is 14.0. The maximum Gasteiger partial charge on any atom is 0.410 e. The Morgan fingerprint density at radius 2 is 1.97 bits per heavy atom. The lowest BCUT2D eigenvalue weighted by Crippen LogP contribution is -2.47.